The Balaban J connectivity index is 2.10. The summed E-state index contributed by atoms with van der Waals surface area (Å²) in [5.74, 6) is 0. The molecule has 2 aromatic rings. The maximum Gasteiger partial charge on any atom is 0.240 e. The third-order valence-corrected chi connectivity index (χ3v) is 4.42. The average molecular weight is 290 g/mol. The molecular weight excluding hydrogens is 272 g/mol. The SMILES string of the molecule is CNc1ccc(S(=O)(=O)NCc2cccc(C)c2)cc1. The van der Waals surface area contributed by atoms with Crippen LogP contribution in [0.5, 0.6) is 0 Å². The van der Waals surface area contributed by atoms with Crippen LogP contribution < -0.4 is 10.0 Å². The second-order valence-corrected chi connectivity index (χ2v) is 6.35. The van der Waals surface area contributed by atoms with Gasteiger partial charge in [-0.3, -0.25) is 0 Å². The van der Waals surface area contributed by atoms with E-state index in [-0.39, 0.29) is 11.4 Å². The van der Waals surface area contributed by atoms with Crippen LogP contribution in [0.1, 0.15) is 11.1 Å². The van der Waals surface area contributed by atoms with Gasteiger partial charge in [-0.25, -0.2) is 13.1 Å². The highest BCUT2D eigenvalue weighted by molar-refractivity contribution is 7.89. The van der Waals surface area contributed by atoms with E-state index < -0.39 is 10.0 Å². The van der Waals surface area contributed by atoms with E-state index in [0.29, 0.717) is 0 Å². The number of aryl methyl sites for hydroxylation is 1. The summed E-state index contributed by atoms with van der Waals surface area (Å²) in [6.45, 7) is 2.27. The van der Waals surface area contributed by atoms with Crippen LogP contribution in [-0.2, 0) is 16.6 Å². The molecule has 4 nitrogen and oxygen atoms in total. The molecule has 5 heteroatoms. The summed E-state index contributed by atoms with van der Waals surface area (Å²) < 4.78 is 26.9. The van der Waals surface area contributed by atoms with Crippen molar-refractivity contribution in [2.75, 3.05) is 12.4 Å². The second-order valence-electron chi connectivity index (χ2n) is 4.59. The summed E-state index contributed by atoms with van der Waals surface area (Å²) in [6.07, 6.45) is 0. The largest absolute Gasteiger partial charge is 0.388 e. The molecule has 2 N–H and O–H groups in total. The minimum atomic E-state index is -3.47. The Morgan fingerprint density at radius 2 is 1.75 bits per heavy atom. The molecule has 0 atom stereocenters. The van der Waals surface area contributed by atoms with Gasteiger partial charge in [0.1, 0.15) is 0 Å². The minimum absolute atomic E-state index is 0.268. The smallest absolute Gasteiger partial charge is 0.240 e. The first-order valence-corrected chi connectivity index (χ1v) is 7.82. The molecule has 0 aliphatic carbocycles. The van der Waals surface area contributed by atoms with Gasteiger partial charge in [-0.15, -0.1) is 0 Å². The Labute approximate surface area is 119 Å². The van der Waals surface area contributed by atoms with Gasteiger partial charge in [-0.05, 0) is 36.8 Å². The fourth-order valence-electron chi connectivity index (χ4n) is 1.88. The van der Waals surface area contributed by atoms with Crippen molar-refractivity contribution in [1.82, 2.24) is 4.72 Å². The lowest BCUT2D eigenvalue weighted by atomic mass is 10.1. The zero-order valence-corrected chi connectivity index (χ0v) is 12.4. The lowest BCUT2D eigenvalue weighted by molar-refractivity contribution is 0.581. The molecule has 0 bridgehead atoms. The Bertz CT molecular complexity index is 679. The highest BCUT2D eigenvalue weighted by Crippen LogP contribution is 2.14. The van der Waals surface area contributed by atoms with E-state index in [1.54, 1.807) is 31.3 Å². The average Bonchev–Trinajstić information content (AvgIpc) is 2.45. The predicted octanol–water partition coefficient (Wildman–Crippen LogP) is 2.52. The monoisotopic (exact) mass is 290 g/mol. The first-order chi connectivity index (χ1) is 9.51. The van der Waals surface area contributed by atoms with Gasteiger partial charge in [0, 0.05) is 19.3 Å². The van der Waals surface area contributed by atoms with E-state index in [2.05, 4.69) is 10.0 Å². The van der Waals surface area contributed by atoms with Crippen LogP contribution in [-0.4, -0.2) is 15.5 Å². The standard InChI is InChI=1S/C15H18N2O2S/c1-12-4-3-5-13(10-12)11-17-20(18,19)15-8-6-14(16-2)7-9-15/h3-10,16-17H,11H2,1-2H3. The van der Waals surface area contributed by atoms with Gasteiger partial charge in [-0.1, -0.05) is 29.8 Å². The van der Waals surface area contributed by atoms with Gasteiger partial charge in [0.05, 0.1) is 4.90 Å². The van der Waals surface area contributed by atoms with E-state index >= 15 is 0 Å². The molecule has 0 saturated heterocycles. The fourth-order valence-corrected chi connectivity index (χ4v) is 2.90. The minimum Gasteiger partial charge on any atom is -0.388 e. The van der Waals surface area contributed by atoms with Crippen molar-refractivity contribution in [2.45, 2.75) is 18.4 Å². The molecule has 0 amide bonds. The van der Waals surface area contributed by atoms with Gasteiger partial charge < -0.3 is 5.32 Å². The van der Waals surface area contributed by atoms with Gasteiger partial charge in [0.25, 0.3) is 0 Å². The summed E-state index contributed by atoms with van der Waals surface area (Å²) >= 11 is 0. The van der Waals surface area contributed by atoms with Crippen LogP contribution in [0.25, 0.3) is 0 Å². The van der Waals surface area contributed by atoms with E-state index in [1.165, 1.54) is 0 Å². The fraction of sp³-hybridized carbons (Fsp3) is 0.200. The number of nitrogens with one attached hydrogen (secondary N) is 2. The number of hydrogen-bond acceptors (Lipinski definition) is 3. The predicted molar refractivity (Wildman–Crippen MR) is 81.2 cm³/mol. The molecule has 0 aromatic heterocycles. The summed E-state index contributed by atoms with van der Waals surface area (Å²) in [6, 6.07) is 14.4. The molecule has 0 saturated carbocycles. The van der Waals surface area contributed by atoms with Gasteiger partial charge >= 0.3 is 0 Å². The molecule has 0 radical (unpaired) electrons. The molecule has 0 heterocycles. The molecule has 0 fully saturated rings. The number of rotatable bonds is 5. The first kappa shape index (κ1) is 14.6. The molecule has 0 aliphatic heterocycles. The van der Waals surface area contributed by atoms with Crippen LogP contribution in [0.15, 0.2) is 53.4 Å². The van der Waals surface area contributed by atoms with Crippen LogP contribution in [0.3, 0.4) is 0 Å². The number of sulfonamides is 1. The molecular formula is C15H18N2O2S. The molecule has 2 aromatic carbocycles. The summed E-state index contributed by atoms with van der Waals surface area (Å²) in [5.41, 5.74) is 2.93. The van der Waals surface area contributed by atoms with Gasteiger partial charge in [0.2, 0.25) is 10.0 Å². The van der Waals surface area contributed by atoms with Gasteiger partial charge in [-0.2, -0.15) is 0 Å². The van der Waals surface area contributed by atoms with Crippen molar-refractivity contribution in [2.24, 2.45) is 0 Å². The zero-order chi connectivity index (χ0) is 14.6. The van der Waals surface area contributed by atoms with Crippen LogP contribution in [0.2, 0.25) is 0 Å². The van der Waals surface area contributed by atoms with Crippen molar-refractivity contribution in [3.05, 3.63) is 59.7 Å². The highest BCUT2D eigenvalue weighted by atomic mass is 32.2. The van der Waals surface area contributed by atoms with E-state index in [1.807, 2.05) is 31.2 Å². The second kappa shape index (κ2) is 6.07. The maximum absolute atomic E-state index is 12.2. The lowest BCUT2D eigenvalue weighted by Gasteiger charge is -2.08. The van der Waals surface area contributed by atoms with Crippen molar-refractivity contribution in [1.29, 1.82) is 0 Å². The van der Waals surface area contributed by atoms with Crippen molar-refractivity contribution >= 4 is 15.7 Å². The Hall–Kier alpha value is -1.85. The zero-order valence-electron chi connectivity index (χ0n) is 11.6. The van der Waals surface area contributed by atoms with Crippen LogP contribution in [0.4, 0.5) is 5.69 Å². The van der Waals surface area contributed by atoms with Crippen molar-refractivity contribution in [3.63, 3.8) is 0 Å². The lowest BCUT2D eigenvalue weighted by Crippen LogP contribution is -2.23. The number of anilines is 1. The highest BCUT2D eigenvalue weighted by Gasteiger charge is 2.13. The van der Waals surface area contributed by atoms with Crippen molar-refractivity contribution in [3.8, 4) is 0 Å². The van der Waals surface area contributed by atoms with Gasteiger partial charge in [0.15, 0.2) is 0 Å². The first-order valence-electron chi connectivity index (χ1n) is 6.34. The summed E-state index contributed by atoms with van der Waals surface area (Å²) in [5, 5.41) is 2.95. The Morgan fingerprint density at radius 1 is 1.05 bits per heavy atom. The third kappa shape index (κ3) is 3.59. The van der Waals surface area contributed by atoms with E-state index in [9.17, 15) is 8.42 Å². The molecule has 2 rings (SSSR count). The van der Waals surface area contributed by atoms with Crippen LogP contribution in [0, 0.1) is 6.92 Å². The summed E-state index contributed by atoms with van der Waals surface area (Å²) in [7, 11) is -1.68. The number of hydrogen-bond donors (Lipinski definition) is 2. The molecule has 106 valence electrons. The summed E-state index contributed by atoms with van der Waals surface area (Å²) in [4.78, 5) is 0.268. The third-order valence-electron chi connectivity index (χ3n) is 3.00. The van der Waals surface area contributed by atoms with Crippen LogP contribution >= 0.6 is 0 Å². The molecule has 0 unspecified atom stereocenters. The molecule has 0 spiro atoms. The number of benzene rings is 2. The quantitative estimate of drug-likeness (QED) is 0.889. The van der Waals surface area contributed by atoms with E-state index in [0.717, 1.165) is 16.8 Å². The Kier molecular flexibility index (Phi) is 4.42. The Morgan fingerprint density at radius 3 is 2.35 bits per heavy atom. The maximum atomic E-state index is 12.2. The van der Waals surface area contributed by atoms with Crippen molar-refractivity contribution < 1.29 is 8.42 Å². The molecule has 20 heavy (non-hydrogen) atoms. The topological polar surface area (TPSA) is 58.2 Å². The van der Waals surface area contributed by atoms with E-state index in [4.69, 9.17) is 0 Å². The molecule has 0 aliphatic rings. The normalized spacial score (nSPS) is 11.3.